The summed E-state index contributed by atoms with van der Waals surface area (Å²) in [6.45, 7) is 4.54. The Hall–Kier alpha value is -2.73. The molecule has 198 valence electrons. The lowest BCUT2D eigenvalue weighted by molar-refractivity contribution is -0.176. The summed E-state index contributed by atoms with van der Waals surface area (Å²) in [7, 11) is -1.53. The van der Waals surface area contributed by atoms with Crippen LogP contribution in [0.4, 0.5) is 17.6 Å². The Morgan fingerprint density at radius 2 is 1.89 bits per heavy atom. The molecular formula is C28H31F4N3OS. The summed E-state index contributed by atoms with van der Waals surface area (Å²) in [5, 5.41) is 10.2. The molecule has 2 atom stereocenters. The van der Waals surface area contributed by atoms with Gasteiger partial charge < -0.3 is 4.57 Å². The molecule has 4 rings (SSSR count). The normalized spacial score (nSPS) is 16.7. The number of pyridine rings is 1. The minimum Gasteiger partial charge on any atom is -0.336 e. The van der Waals surface area contributed by atoms with Crippen LogP contribution in [0.1, 0.15) is 64.5 Å². The molecule has 1 aromatic carbocycles. The first-order valence-electron chi connectivity index (χ1n) is 12.5. The number of halogens is 4. The molecule has 0 aliphatic heterocycles. The minimum atomic E-state index is -4.29. The van der Waals surface area contributed by atoms with E-state index in [9.17, 15) is 27.0 Å². The van der Waals surface area contributed by atoms with E-state index >= 15 is 0 Å². The predicted octanol–water partition coefficient (Wildman–Crippen LogP) is 7.75. The molecule has 0 amide bonds. The third-order valence-corrected chi connectivity index (χ3v) is 9.01. The highest BCUT2D eigenvalue weighted by molar-refractivity contribution is 7.85. The van der Waals surface area contributed by atoms with Crippen LogP contribution in [-0.4, -0.2) is 25.7 Å². The maximum atomic E-state index is 14.2. The molecule has 1 saturated carbocycles. The van der Waals surface area contributed by atoms with Gasteiger partial charge in [0.25, 0.3) is 0 Å². The molecule has 0 spiro atoms. The van der Waals surface area contributed by atoms with Crippen molar-refractivity contribution in [2.75, 3.05) is 5.75 Å². The highest BCUT2D eigenvalue weighted by Crippen LogP contribution is 2.42. The SMILES string of the molecule is CC(CC(C)(C)CS(=O)c1ccc(-c2c(CC#N)c3cc(F)ccc3n2C2CCCC2)nc1)C(F)(F)F. The fourth-order valence-electron chi connectivity index (χ4n) is 5.53. The van der Waals surface area contributed by atoms with Gasteiger partial charge in [-0.3, -0.25) is 9.19 Å². The third-order valence-electron chi connectivity index (χ3n) is 7.20. The van der Waals surface area contributed by atoms with Crippen LogP contribution in [0.3, 0.4) is 0 Å². The molecule has 3 aromatic rings. The van der Waals surface area contributed by atoms with Gasteiger partial charge in [-0.25, -0.2) is 4.39 Å². The van der Waals surface area contributed by atoms with Crippen molar-refractivity contribution >= 4 is 21.7 Å². The second kappa shape index (κ2) is 10.6. The molecule has 2 heterocycles. The Morgan fingerprint density at radius 3 is 2.49 bits per heavy atom. The van der Waals surface area contributed by atoms with Gasteiger partial charge in [-0.2, -0.15) is 18.4 Å². The number of aromatic nitrogens is 2. The van der Waals surface area contributed by atoms with E-state index in [1.807, 2.05) is 0 Å². The zero-order valence-electron chi connectivity index (χ0n) is 21.2. The third kappa shape index (κ3) is 5.90. The number of hydrogen-bond donors (Lipinski definition) is 0. The van der Waals surface area contributed by atoms with Gasteiger partial charge in [-0.05, 0) is 55.0 Å². The predicted molar refractivity (Wildman–Crippen MR) is 137 cm³/mol. The molecule has 37 heavy (non-hydrogen) atoms. The van der Waals surface area contributed by atoms with Gasteiger partial charge >= 0.3 is 6.18 Å². The number of fused-ring (bicyclic) bond motifs is 1. The van der Waals surface area contributed by atoms with Gasteiger partial charge in [-0.1, -0.05) is 33.6 Å². The molecule has 2 aromatic heterocycles. The van der Waals surface area contributed by atoms with Gasteiger partial charge in [0.2, 0.25) is 0 Å². The standard InChI is InChI=1S/C28H31F4N3OS/c1-18(28(30,31)32)15-27(2,3)17-37(36)21-9-10-24(34-16-21)26-22(12-13-33)23-14-19(29)8-11-25(23)35(26)20-6-4-5-7-20/h8-11,14,16,18,20H,4-7,12,15,17H2,1-3H3. The monoisotopic (exact) mass is 533 g/mol. The number of alkyl halides is 3. The number of benzene rings is 1. The van der Waals surface area contributed by atoms with Crippen LogP contribution in [-0.2, 0) is 17.2 Å². The average Bonchev–Trinajstić information content (AvgIpc) is 3.44. The van der Waals surface area contributed by atoms with Crippen LogP contribution >= 0.6 is 0 Å². The van der Waals surface area contributed by atoms with Crippen molar-refractivity contribution in [2.24, 2.45) is 11.3 Å². The number of nitriles is 1. The van der Waals surface area contributed by atoms with E-state index in [4.69, 9.17) is 0 Å². The molecule has 1 aliphatic rings. The van der Waals surface area contributed by atoms with Crippen molar-refractivity contribution in [3.8, 4) is 17.5 Å². The number of rotatable bonds is 8. The van der Waals surface area contributed by atoms with E-state index in [0.29, 0.717) is 21.5 Å². The fourth-order valence-corrected chi connectivity index (χ4v) is 6.91. The summed E-state index contributed by atoms with van der Waals surface area (Å²) in [5.74, 6) is -1.78. The van der Waals surface area contributed by atoms with Crippen molar-refractivity contribution in [1.82, 2.24) is 9.55 Å². The Labute approximate surface area is 217 Å². The largest absolute Gasteiger partial charge is 0.391 e. The Kier molecular flexibility index (Phi) is 7.80. The lowest BCUT2D eigenvalue weighted by Crippen LogP contribution is -2.29. The van der Waals surface area contributed by atoms with Gasteiger partial charge in [0.15, 0.2) is 0 Å². The van der Waals surface area contributed by atoms with Crippen molar-refractivity contribution in [3.63, 3.8) is 0 Å². The molecule has 0 saturated heterocycles. The van der Waals surface area contributed by atoms with Gasteiger partial charge in [0.1, 0.15) is 5.82 Å². The van der Waals surface area contributed by atoms with Crippen LogP contribution in [0.25, 0.3) is 22.3 Å². The number of hydrogen-bond acceptors (Lipinski definition) is 3. The lowest BCUT2D eigenvalue weighted by Gasteiger charge is -2.28. The summed E-state index contributed by atoms with van der Waals surface area (Å²) >= 11 is 0. The first kappa shape index (κ1) is 27.3. The molecule has 9 heteroatoms. The quantitative estimate of drug-likeness (QED) is 0.278. The van der Waals surface area contributed by atoms with Crippen LogP contribution in [0, 0.1) is 28.5 Å². The highest BCUT2D eigenvalue weighted by Gasteiger charge is 2.39. The highest BCUT2D eigenvalue weighted by atomic mass is 32.2. The van der Waals surface area contributed by atoms with Crippen molar-refractivity contribution < 1.29 is 21.8 Å². The summed E-state index contributed by atoms with van der Waals surface area (Å²) in [4.78, 5) is 5.03. The molecule has 0 bridgehead atoms. The Bertz CT molecular complexity index is 1330. The molecule has 2 unspecified atom stereocenters. The Balaban J connectivity index is 1.69. The molecule has 0 N–H and O–H groups in total. The Morgan fingerprint density at radius 1 is 1.19 bits per heavy atom. The maximum absolute atomic E-state index is 14.2. The molecule has 4 nitrogen and oxygen atoms in total. The fraction of sp³-hybridized carbons (Fsp3) is 0.500. The smallest absolute Gasteiger partial charge is 0.336 e. The van der Waals surface area contributed by atoms with Crippen molar-refractivity contribution in [3.05, 3.63) is 47.9 Å². The zero-order chi connectivity index (χ0) is 27.0. The second-order valence-electron chi connectivity index (χ2n) is 10.8. The maximum Gasteiger partial charge on any atom is 0.391 e. The van der Waals surface area contributed by atoms with E-state index in [1.54, 1.807) is 32.0 Å². The zero-order valence-corrected chi connectivity index (χ0v) is 22.1. The summed E-state index contributed by atoms with van der Waals surface area (Å²) in [5.41, 5.74) is 2.17. The van der Waals surface area contributed by atoms with Gasteiger partial charge in [0, 0.05) is 34.5 Å². The van der Waals surface area contributed by atoms with Gasteiger partial charge in [-0.15, -0.1) is 0 Å². The van der Waals surface area contributed by atoms with Crippen LogP contribution in [0.15, 0.2) is 41.4 Å². The summed E-state index contributed by atoms with van der Waals surface area (Å²) in [6, 6.07) is 10.5. The second-order valence-corrected chi connectivity index (χ2v) is 12.3. The molecule has 1 aliphatic carbocycles. The topological polar surface area (TPSA) is 58.7 Å². The minimum absolute atomic E-state index is 0.0791. The molecule has 0 radical (unpaired) electrons. The van der Waals surface area contributed by atoms with Crippen LogP contribution in [0.2, 0.25) is 0 Å². The van der Waals surface area contributed by atoms with Crippen LogP contribution in [0.5, 0.6) is 0 Å². The van der Waals surface area contributed by atoms with Crippen molar-refractivity contribution in [2.45, 2.75) is 76.4 Å². The lowest BCUT2D eigenvalue weighted by atomic mass is 9.85. The van der Waals surface area contributed by atoms with E-state index in [0.717, 1.165) is 43.8 Å². The molecular weight excluding hydrogens is 502 g/mol. The van der Waals surface area contributed by atoms with E-state index in [2.05, 4.69) is 15.6 Å². The summed E-state index contributed by atoms with van der Waals surface area (Å²) < 4.78 is 68.6. The summed E-state index contributed by atoms with van der Waals surface area (Å²) in [6.07, 6.45) is 1.33. The van der Waals surface area contributed by atoms with Crippen molar-refractivity contribution in [1.29, 1.82) is 5.26 Å². The number of nitrogens with zero attached hydrogens (tertiary/aromatic N) is 3. The van der Waals surface area contributed by atoms with Gasteiger partial charge in [0.05, 0.1) is 45.5 Å². The molecule has 1 fully saturated rings. The van der Waals surface area contributed by atoms with E-state index in [-0.39, 0.29) is 30.5 Å². The average molecular weight is 534 g/mol. The van der Waals surface area contributed by atoms with Crippen LogP contribution < -0.4 is 0 Å². The van der Waals surface area contributed by atoms with E-state index < -0.39 is 28.3 Å². The van der Waals surface area contributed by atoms with E-state index in [1.165, 1.54) is 18.3 Å². The first-order chi connectivity index (χ1) is 17.4. The first-order valence-corrected chi connectivity index (χ1v) is 13.8.